The van der Waals surface area contributed by atoms with Gasteiger partial charge in [-0.25, -0.2) is 13.6 Å². The summed E-state index contributed by atoms with van der Waals surface area (Å²) in [4.78, 5) is 5.30. The number of fused-ring (bicyclic) bond motifs is 2. The van der Waals surface area contributed by atoms with E-state index < -0.39 is 10.0 Å². The number of sulfonamides is 1. The van der Waals surface area contributed by atoms with Gasteiger partial charge in [-0.1, -0.05) is 78.0 Å². The van der Waals surface area contributed by atoms with Crippen molar-refractivity contribution >= 4 is 33.4 Å². The SMILES string of the molecule is NS(=O)(=O)c1ccc(C=CCN2CCC(=C3c4ccccc4Sc4ccccc43)CC2)cc1. The zero-order valence-corrected chi connectivity index (χ0v) is 19.9. The van der Waals surface area contributed by atoms with Crippen molar-refractivity contribution in [2.24, 2.45) is 5.14 Å². The lowest BCUT2D eigenvalue weighted by Gasteiger charge is -2.31. The Bertz CT molecular complexity index is 1290. The molecule has 2 heterocycles. The highest BCUT2D eigenvalue weighted by Crippen LogP contribution is 2.47. The van der Waals surface area contributed by atoms with Crippen LogP contribution in [0, 0.1) is 0 Å². The third kappa shape index (κ3) is 4.84. The molecule has 2 aliphatic heterocycles. The van der Waals surface area contributed by atoms with Gasteiger partial charge in [-0.2, -0.15) is 0 Å². The maximum Gasteiger partial charge on any atom is 0.238 e. The highest BCUT2D eigenvalue weighted by molar-refractivity contribution is 7.99. The van der Waals surface area contributed by atoms with Crippen LogP contribution in [0.4, 0.5) is 0 Å². The van der Waals surface area contributed by atoms with Gasteiger partial charge in [0.25, 0.3) is 0 Å². The van der Waals surface area contributed by atoms with Crippen LogP contribution in [0.25, 0.3) is 11.6 Å². The van der Waals surface area contributed by atoms with Crippen molar-refractivity contribution < 1.29 is 8.42 Å². The lowest BCUT2D eigenvalue weighted by Crippen LogP contribution is -2.31. The Hall–Kier alpha value is -2.64. The van der Waals surface area contributed by atoms with Crippen molar-refractivity contribution in [1.82, 2.24) is 4.90 Å². The fourth-order valence-corrected chi connectivity index (χ4v) is 6.14. The van der Waals surface area contributed by atoms with E-state index in [1.54, 1.807) is 29.8 Å². The normalized spacial score (nSPS) is 16.6. The number of hydrogen-bond donors (Lipinski definition) is 1. The predicted octanol–water partition coefficient (Wildman–Crippen LogP) is 5.41. The first-order valence-electron chi connectivity index (χ1n) is 11.1. The standard InChI is InChI=1S/C27H26N2O2S2/c28-33(30,31)22-13-11-20(12-14-22)6-5-17-29-18-15-21(16-19-29)27-23-7-1-3-9-25(23)32-26-10-4-2-8-24(26)27/h1-14H,15-19H2,(H2,28,30,31). The van der Waals surface area contributed by atoms with E-state index in [1.807, 2.05) is 17.8 Å². The largest absolute Gasteiger partial charge is 0.299 e. The lowest BCUT2D eigenvalue weighted by molar-refractivity contribution is 0.284. The molecule has 0 saturated carbocycles. The van der Waals surface area contributed by atoms with Gasteiger partial charge in [0.15, 0.2) is 0 Å². The molecule has 2 N–H and O–H groups in total. The second-order valence-corrected chi connectivity index (χ2v) is 11.0. The minimum absolute atomic E-state index is 0.139. The van der Waals surface area contributed by atoms with E-state index in [4.69, 9.17) is 5.14 Å². The van der Waals surface area contributed by atoms with E-state index in [1.165, 1.54) is 26.5 Å². The van der Waals surface area contributed by atoms with Crippen LogP contribution in [0.3, 0.4) is 0 Å². The Morgan fingerprint density at radius 2 is 1.42 bits per heavy atom. The monoisotopic (exact) mass is 474 g/mol. The summed E-state index contributed by atoms with van der Waals surface area (Å²) in [6.45, 7) is 2.94. The molecule has 4 nitrogen and oxygen atoms in total. The molecule has 1 fully saturated rings. The summed E-state index contributed by atoms with van der Waals surface area (Å²) in [6.07, 6.45) is 6.32. The average Bonchev–Trinajstić information content (AvgIpc) is 2.83. The number of rotatable bonds is 4. The van der Waals surface area contributed by atoms with E-state index >= 15 is 0 Å². The van der Waals surface area contributed by atoms with Gasteiger partial charge in [0.1, 0.15) is 0 Å². The number of piperidine rings is 1. The molecule has 5 rings (SSSR count). The summed E-state index contributed by atoms with van der Waals surface area (Å²) in [7, 11) is -3.65. The molecular formula is C27H26N2O2S2. The van der Waals surface area contributed by atoms with E-state index in [2.05, 4.69) is 59.5 Å². The summed E-state index contributed by atoms with van der Waals surface area (Å²) < 4.78 is 22.8. The minimum Gasteiger partial charge on any atom is -0.299 e. The molecule has 0 aromatic heterocycles. The molecule has 0 bridgehead atoms. The van der Waals surface area contributed by atoms with Crippen molar-refractivity contribution in [2.75, 3.05) is 19.6 Å². The zero-order valence-electron chi connectivity index (χ0n) is 18.3. The molecule has 0 unspecified atom stereocenters. The number of hydrogen-bond acceptors (Lipinski definition) is 4. The van der Waals surface area contributed by atoms with Crippen LogP contribution in [0.2, 0.25) is 0 Å². The third-order valence-electron chi connectivity index (χ3n) is 6.23. The van der Waals surface area contributed by atoms with Gasteiger partial charge >= 0.3 is 0 Å². The van der Waals surface area contributed by atoms with E-state index in [9.17, 15) is 8.42 Å². The third-order valence-corrected chi connectivity index (χ3v) is 8.31. The maximum atomic E-state index is 11.4. The van der Waals surface area contributed by atoms with Crippen LogP contribution < -0.4 is 5.14 Å². The molecule has 0 spiro atoms. The molecule has 1 saturated heterocycles. The number of primary sulfonamides is 1. The molecule has 0 atom stereocenters. The minimum atomic E-state index is -3.65. The number of benzene rings is 3. The first-order valence-corrected chi connectivity index (χ1v) is 13.5. The number of nitrogens with two attached hydrogens (primary N) is 1. The van der Waals surface area contributed by atoms with Crippen molar-refractivity contribution in [1.29, 1.82) is 0 Å². The first-order chi connectivity index (χ1) is 16.0. The fraction of sp³-hybridized carbons (Fsp3) is 0.185. The molecule has 2 aliphatic rings. The molecule has 6 heteroatoms. The summed E-state index contributed by atoms with van der Waals surface area (Å²) >= 11 is 1.87. The first kappa shape index (κ1) is 22.2. The molecule has 168 valence electrons. The van der Waals surface area contributed by atoms with Crippen LogP contribution in [0.5, 0.6) is 0 Å². The van der Waals surface area contributed by atoms with Gasteiger partial charge in [-0.05, 0) is 59.4 Å². The Labute approximate surface area is 199 Å². The van der Waals surface area contributed by atoms with Crippen molar-refractivity contribution in [3.05, 3.63) is 101 Å². The van der Waals surface area contributed by atoms with Crippen LogP contribution in [0.1, 0.15) is 29.5 Å². The van der Waals surface area contributed by atoms with E-state index in [-0.39, 0.29) is 4.90 Å². The average molecular weight is 475 g/mol. The molecule has 3 aromatic rings. The van der Waals surface area contributed by atoms with E-state index in [0.29, 0.717) is 0 Å². The quantitative estimate of drug-likeness (QED) is 0.430. The highest BCUT2D eigenvalue weighted by atomic mass is 32.2. The van der Waals surface area contributed by atoms with Crippen LogP contribution in [-0.2, 0) is 10.0 Å². The number of likely N-dealkylation sites (tertiary alicyclic amines) is 1. The molecule has 0 amide bonds. The molecule has 3 aromatic carbocycles. The van der Waals surface area contributed by atoms with Gasteiger partial charge in [-0.15, -0.1) is 0 Å². The summed E-state index contributed by atoms with van der Waals surface area (Å²) in [5.41, 5.74) is 6.69. The molecule has 0 aliphatic carbocycles. The van der Waals surface area contributed by atoms with Gasteiger partial charge in [0.2, 0.25) is 10.0 Å². The van der Waals surface area contributed by atoms with Crippen molar-refractivity contribution in [2.45, 2.75) is 27.5 Å². The predicted molar refractivity (Wildman–Crippen MR) is 136 cm³/mol. The Morgan fingerprint density at radius 1 is 0.848 bits per heavy atom. The van der Waals surface area contributed by atoms with Crippen LogP contribution in [0.15, 0.2) is 99.1 Å². The van der Waals surface area contributed by atoms with Gasteiger partial charge < -0.3 is 0 Å². The molecular weight excluding hydrogens is 448 g/mol. The number of nitrogens with zero attached hydrogens (tertiary/aromatic N) is 1. The lowest BCUT2D eigenvalue weighted by atomic mass is 9.88. The highest BCUT2D eigenvalue weighted by Gasteiger charge is 2.25. The van der Waals surface area contributed by atoms with Gasteiger partial charge in [0, 0.05) is 29.4 Å². The Morgan fingerprint density at radius 3 is 2.00 bits per heavy atom. The Balaban J connectivity index is 1.28. The second-order valence-electron chi connectivity index (χ2n) is 8.39. The topological polar surface area (TPSA) is 63.4 Å². The van der Waals surface area contributed by atoms with Gasteiger partial charge in [-0.3, -0.25) is 4.90 Å². The van der Waals surface area contributed by atoms with Crippen LogP contribution in [-0.4, -0.2) is 33.0 Å². The summed E-state index contributed by atoms with van der Waals surface area (Å²) in [6, 6.07) is 24.2. The zero-order chi connectivity index (χ0) is 22.8. The Kier molecular flexibility index (Phi) is 6.25. The van der Waals surface area contributed by atoms with Gasteiger partial charge in [0.05, 0.1) is 4.90 Å². The smallest absolute Gasteiger partial charge is 0.238 e. The maximum absolute atomic E-state index is 11.4. The molecule has 33 heavy (non-hydrogen) atoms. The second kappa shape index (κ2) is 9.31. The summed E-state index contributed by atoms with van der Waals surface area (Å²) in [5, 5.41) is 5.17. The van der Waals surface area contributed by atoms with Crippen molar-refractivity contribution in [3.8, 4) is 0 Å². The van der Waals surface area contributed by atoms with Crippen molar-refractivity contribution in [3.63, 3.8) is 0 Å². The fourth-order valence-electron chi connectivity index (χ4n) is 4.53. The summed E-state index contributed by atoms with van der Waals surface area (Å²) in [5.74, 6) is 0. The molecule has 0 radical (unpaired) electrons. The van der Waals surface area contributed by atoms with Crippen LogP contribution >= 0.6 is 11.8 Å². The van der Waals surface area contributed by atoms with E-state index in [0.717, 1.165) is 38.0 Å².